The Bertz CT molecular complexity index is 1200. The van der Waals surface area contributed by atoms with E-state index < -0.39 is 11.2 Å². The Morgan fingerprint density at radius 1 is 1.17 bits per heavy atom. The van der Waals surface area contributed by atoms with Gasteiger partial charge in [-0.2, -0.15) is 4.98 Å². The minimum Gasteiger partial charge on any atom is -0.609 e. The Hall–Kier alpha value is -3.07. The summed E-state index contributed by atoms with van der Waals surface area (Å²) in [6, 6.07) is 16.1. The fourth-order valence-corrected chi connectivity index (χ4v) is 4.33. The quantitative estimate of drug-likeness (QED) is 0.335. The number of aliphatic hydroxyl groups excluding tert-OH is 1. The lowest BCUT2D eigenvalue weighted by Crippen LogP contribution is -2.16. The highest BCUT2D eigenvalue weighted by Crippen LogP contribution is 2.21. The van der Waals surface area contributed by atoms with E-state index in [9.17, 15) is 14.5 Å². The van der Waals surface area contributed by atoms with Crippen molar-refractivity contribution in [2.75, 3.05) is 12.4 Å². The van der Waals surface area contributed by atoms with Gasteiger partial charge in [-0.3, -0.25) is 9.36 Å². The second-order valence-electron chi connectivity index (χ2n) is 6.69. The van der Waals surface area contributed by atoms with E-state index in [-0.39, 0.29) is 12.2 Å². The molecule has 2 aromatic heterocycles. The van der Waals surface area contributed by atoms with E-state index in [0.717, 1.165) is 22.2 Å². The highest BCUT2D eigenvalue weighted by atomic mass is 32.2. The van der Waals surface area contributed by atoms with Gasteiger partial charge in [0.1, 0.15) is 11.5 Å². The van der Waals surface area contributed by atoms with E-state index >= 15 is 0 Å². The van der Waals surface area contributed by atoms with Crippen LogP contribution in [0.25, 0.3) is 16.6 Å². The van der Waals surface area contributed by atoms with Crippen LogP contribution in [0.1, 0.15) is 12.0 Å². The maximum atomic E-state index is 12.8. The van der Waals surface area contributed by atoms with Gasteiger partial charge in [-0.25, -0.2) is 0 Å². The molecule has 0 saturated carbocycles. The summed E-state index contributed by atoms with van der Waals surface area (Å²) in [6.45, 7) is 0.308. The van der Waals surface area contributed by atoms with Gasteiger partial charge >= 0.3 is 5.16 Å². The van der Waals surface area contributed by atoms with Gasteiger partial charge in [0, 0.05) is 46.3 Å². The molecule has 2 heterocycles. The molecule has 0 aliphatic rings. The summed E-state index contributed by atoms with van der Waals surface area (Å²) in [5.74, 6) is 1.10. The summed E-state index contributed by atoms with van der Waals surface area (Å²) in [6.07, 6.45) is 3.94. The van der Waals surface area contributed by atoms with E-state index in [2.05, 4.69) is 9.97 Å². The summed E-state index contributed by atoms with van der Waals surface area (Å²) in [7, 11) is 0. The third kappa shape index (κ3) is 4.40. The van der Waals surface area contributed by atoms with Gasteiger partial charge in [0.2, 0.25) is 5.56 Å². The van der Waals surface area contributed by atoms with Crippen LogP contribution in [0.3, 0.4) is 0 Å². The summed E-state index contributed by atoms with van der Waals surface area (Å²) >= 11 is -1.31. The highest BCUT2D eigenvalue weighted by Gasteiger charge is 2.20. The fraction of sp³-hybridized carbons (Fsp3) is 0.182. The number of hydrogen-bond acceptors (Lipinski definition) is 5. The lowest BCUT2D eigenvalue weighted by atomic mass is 10.2. The van der Waals surface area contributed by atoms with Crippen LogP contribution in [0.15, 0.2) is 76.9 Å². The standard InChI is InChI=1S/C22H21N3O4S/c26-15-17-4-1-2-5-20(17)25-11-10-23-22(25)30(28)13-3-12-29-18-7-8-19-16(14-18)6-9-21(27)24-19/h1-2,4-11,14,26H,3,12-13,15H2,(H,24,27). The van der Waals surface area contributed by atoms with Crippen LogP contribution in [0, 0.1) is 0 Å². The number of benzene rings is 2. The molecule has 8 heteroatoms. The molecule has 4 aromatic rings. The Kier molecular flexibility index (Phi) is 6.18. The molecule has 0 amide bonds. The molecule has 0 spiro atoms. The zero-order valence-electron chi connectivity index (χ0n) is 16.2. The number of rotatable bonds is 8. The molecule has 0 fully saturated rings. The maximum Gasteiger partial charge on any atom is 0.327 e. The number of nitrogens with zero attached hydrogens (tertiary/aromatic N) is 2. The molecule has 0 saturated heterocycles. The Morgan fingerprint density at radius 2 is 2.03 bits per heavy atom. The predicted molar refractivity (Wildman–Crippen MR) is 115 cm³/mol. The molecule has 2 N–H and O–H groups in total. The topological polar surface area (TPSA) is 103 Å². The zero-order chi connectivity index (χ0) is 20.9. The van der Waals surface area contributed by atoms with Gasteiger partial charge in [0.25, 0.3) is 0 Å². The largest absolute Gasteiger partial charge is 0.609 e. The third-order valence-corrected chi connectivity index (χ3v) is 6.04. The van der Waals surface area contributed by atoms with Crippen LogP contribution in [0.2, 0.25) is 0 Å². The number of fused-ring (bicyclic) bond motifs is 1. The maximum absolute atomic E-state index is 12.8. The van der Waals surface area contributed by atoms with Crippen molar-refractivity contribution >= 4 is 22.1 Å². The normalized spacial score (nSPS) is 12.2. The third-order valence-electron chi connectivity index (χ3n) is 4.67. The Labute approximate surface area is 176 Å². The van der Waals surface area contributed by atoms with Crippen molar-refractivity contribution in [1.29, 1.82) is 0 Å². The molecule has 7 nitrogen and oxygen atoms in total. The van der Waals surface area contributed by atoms with Crippen LogP contribution in [0.4, 0.5) is 0 Å². The molecule has 0 bridgehead atoms. The lowest BCUT2D eigenvalue weighted by molar-refractivity contribution is 0.281. The molecule has 0 aliphatic heterocycles. The first-order valence-corrected chi connectivity index (χ1v) is 10.8. The number of nitrogens with one attached hydrogen (secondary N) is 1. The summed E-state index contributed by atoms with van der Waals surface area (Å²) in [5.41, 5.74) is 2.13. The summed E-state index contributed by atoms with van der Waals surface area (Å²) < 4.78 is 20.3. The smallest absolute Gasteiger partial charge is 0.327 e. The molecule has 154 valence electrons. The van der Waals surface area contributed by atoms with E-state index in [1.165, 1.54) is 6.07 Å². The van der Waals surface area contributed by atoms with Gasteiger partial charge in [-0.1, -0.05) is 18.2 Å². The molecule has 4 rings (SSSR count). The highest BCUT2D eigenvalue weighted by molar-refractivity contribution is 7.91. The van der Waals surface area contributed by atoms with Crippen molar-refractivity contribution in [3.63, 3.8) is 0 Å². The molecular weight excluding hydrogens is 402 g/mol. The second-order valence-corrected chi connectivity index (χ2v) is 8.15. The van der Waals surface area contributed by atoms with Crippen molar-refractivity contribution in [1.82, 2.24) is 14.5 Å². The first-order chi connectivity index (χ1) is 14.7. The van der Waals surface area contributed by atoms with Gasteiger partial charge in [0.05, 0.1) is 25.1 Å². The zero-order valence-corrected chi connectivity index (χ0v) is 17.0. The van der Waals surface area contributed by atoms with Crippen molar-refractivity contribution in [2.24, 2.45) is 0 Å². The number of H-pyrrole nitrogens is 1. The van der Waals surface area contributed by atoms with Crippen LogP contribution in [0.5, 0.6) is 5.75 Å². The van der Waals surface area contributed by atoms with Crippen molar-refractivity contribution in [2.45, 2.75) is 18.2 Å². The molecule has 0 aliphatic carbocycles. The number of pyridine rings is 1. The molecular formula is C22H21N3O4S. The Morgan fingerprint density at radius 3 is 2.90 bits per heavy atom. The van der Waals surface area contributed by atoms with Crippen molar-refractivity contribution < 1.29 is 14.4 Å². The lowest BCUT2D eigenvalue weighted by Gasteiger charge is -2.14. The second kappa shape index (κ2) is 9.17. The number of para-hydroxylation sites is 1. The van der Waals surface area contributed by atoms with Crippen molar-refractivity contribution in [3.05, 3.63) is 82.9 Å². The SMILES string of the molecule is O=c1ccc2cc(OCCC[S+]([O-])c3nccn3-c3ccccc3CO)ccc2[nH]1. The molecule has 1 unspecified atom stereocenters. The average molecular weight is 423 g/mol. The Balaban J connectivity index is 1.37. The monoisotopic (exact) mass is 423 g/mol. The van der Waals surface area contributed by atoms with Gasteiger partial charge in [-0.05, 0) is 30.3 Å². The fourth-order valence-electron chi connectivity index (χ4n) is 3.21. The summed E-state index contributed by atoms with van der Waals surface area (Å²) in [5, 5.41) is 10.9. The van der Waals surface area contributed by atoms with Gasteiger partial charge in [-0.15, -0.1) is 0 Å². The summed E-state index contributed by atoms with van der Waals surface area (Å²) in [4.78, 5) is 18.4. The first-order valence-electron chi connectivity index (χ1n) is 9.52. The van der Waals surface area contributed by atoms with E-state index in [1.807, 2.05) is 30.3 Å². The molecule has 2 aromatic carbocycles. The van der Waals surface area contributed by atoms with Crippen LogP contribution >= 0.6 is 0 Å². The van der Waals surface area contributed by atoms with Gasteiger partial charge < -0.3 is 19.4 Å². The van der Waals surface area contributed by atoms with E-state index in [1.54, 1.807) is 35.2 Å². The number of ether oxygens (including phenoxy) is 1. The average Bonchev–Trinajstić information content (AvgIpc) is 3.26. The molecule has 30 heavy (non-hydrogen) atoms. The number of aliphatic hydroxyl groups is 1. The van der Waals surface area contributed by atoms with Crippen LogP contribution in [-0.4, -0.2) is 36.6 Å². The van der Waals surface area contributed by atoms with Gasteiger partial charge in [0.15, 0.2) is 0 Å². The number of hydrogen-bond donors (Lipinski definition) is 2. The van der Waals surface area contributed by atoms with E-state index in [4.69, 9.17) is 4.74 Å². The number of aromatic amines is 1. The first kappa shape index (κ1) is 20.2. The minimum atomic E-state index is -1.31. The number of imidazole rings is 1. The van der Waals surface area contributed by atoms with Crippen LogP contribution < -0.4 is 10.3 Å². The predicted octanol–water partition coefficient (Wildman–Crippen LogP) is 2.78. The van der Waals surface area contributed by atoms with Crippen molar-refractivity contribution in [3.8, 4) is 11.4 Å². The molecule has 0 radical (unpaired) electrons. The minimum absolute atomic E-state index is 0.103. The molecule has 1 atom stereocenters. The van der Waals surface area contributed by atoms with E-state index in [0.29, 0.717) is 29.7 Å². The number of aromatic nitrogens is 3. The van der Waals surface area contributed by atoms with Crippen LogP contribution in [-0.2, 0) is 17.8 Å².